The molecule has 2 aliphatic rings. The standard InChI is InChI=1S/C24H36O3/c1-23(19-24(2)21(26-23)18-22(25)27-24)17-13-8-6-4-3-5-7-10-14-20-15-11-9-12-16-20/h9,11-12,15-16,21H,3-8,10,13-14,17-19H2,1-2H3/t21-,23+,24-/m1/s1. The monoisotopic (exact) mass is 372 g/mol. The van der Waals surface area contributed by atoms with Gasteiger partial charge in [0, 0.05) is 6.42 Å². The van der Waals surface area contributed by atoms with Gasteiger partial charge in [0.15, 0.2) is 0 Å². The number of fused-ring (bicyclic) bond motifs is 1. The first-order valence-corrected chi connectivity index (χ1v) is 10.9. The maximum Gasteiger partial charge on any atom is 0.309 e. The lowest BCUT2D eigenvalue weighted by Gasteiger charge is -2.25. The minimum atomic E-state index is -0.383. The minimum Gasteiger partial charge on any atom is -0.456 e. The summed E-state index contributed by atoms with van der Waals surface area (Å²) in [6.07, 6.45) is 14.1. The molecule has 2 heterocycles. The van der Waals surface area contributed by atoms with Crippen molar-refractivity contribution in [2.45, 2.75) is 108 Å². The van der Waals surface area contributed by atoms with Gasteiger partial charge in [-0.1, -0.05) is 75.3 Å². The molecular weight excluding hydrogens is 336 g/mol. The van der Waals surface area contributed by atoms with Gasteiger partial charge < -0.3 is 9.47 Å². The fraction of sp³-hybridized carbons (Fsp3) is 0.708. The van der Waals surface area contributed by atoms with Crippen LogP contribution in [0, 0.1) is 0 Å². The first-order chi connectivity index (χ1) is 13.0. The van der Waals surface area contributed by atoms with Gasteiger partial charge >= 0.3 is 5.97 Å². The highest BCUT2D eigenvalue weighted by Gasteiger charge is 2.57. The molecule has 0 aliphatic carbocycles. The lowest BCUT2D eigenvalue weighted by Crippen LogP contribution is -2.31. The molecule has 3 atom stereocenters. The van der Waals surface area contributed by atoms with Crippen LogP contribution in [0.1, 0.15) is 90.0 Å². The van der Waals surface area contributed by atoms with Gasteiger partial charge in [0.2, 0.25) is 0 Å². The van der Waals surface area contributed by atoms with Gasteiger partial charge in [-0.2, -0.15) is 0 Å². The molecule has 0 radical (unpaired) electrons. The van der Waals surface area contributed by atoms with E-state index in [9.17, 15) is 4.79 Å². The molecule has 3 heteroatoms. The summed E-state index contributed by atoms with van der Waals surface area (Å²) >= 11 is 0. The highest BCUT2D eigenvalue weighted by molar-refractivity contribution is 5.73. The summed E-state index contributed by atoms with van der Waals surface area (Å²) in [6, 6.07) is 10.8. The van der Waals surface area contributed by atoms with Gasteiger partial charge in [-0.25, -0.2) is 0 Å². The second-order valence-electron chi connectivity index (χ2n) is 9.04. The zero-order valence-electron chi connectivity index (χ0n) is 17.2. The van der Waals surface area contributed by atoms with Crippen molar-refractivity contribution < 1.29 is 14.3 Å². The van der Waals surface area contributed by atoms with Crippen molar-refractivity contribution in [3.8, 4) is 0 Å². The van der Waals surface area contributed by atoms with Crippen LogP contribution in [0.5, 0.6) is 0 Å². The van der Waals surface area contributed by atoms with Crippen LogP contribution in [0.15, 0.2) is 30.3 Å². The van der Waals surface area contributed by atoms with E-state index in [2.05, 4.69) is 37.3 Å². The van der Waals surface area contributed by atoms with E-state index in [4.69, 9.17) is 9.47 Å². The Morgan fingerprint density at radius 1 is 0.926 bits per heavy atom. The summed E-state index contributed by atoms with van der Waals surface area (Å²) < 4.78 is 11.7. The second kappa shape index (κ2) is 9.23. The normalized spacial score (nSPS) is 29.7. The summed E-state index contributed by atoms with van der Waals surface area (Å²) in [5, 5.41) is 0. The van der Waals surface area contributed by atoms with Gasteiger partial charge in [-0.05, 0) is 38.7 Å². The van der Waals surface area contributed by atoms with Crippen molar-refractivity contribution in [3.05, 3.63) is 35.9 Å². The lowest BCUT2D eigenvalue weighted by molar-refractivity contribution is -0.147. The lowest BCUT2D eigenvalue weighted by atomic mass is 9.87. The molecule has 3 nitrogen and oxygen atoms in total. The third-order valence-corrected chi connectivity index (χ3v) is 6.30. The van der Waals surface area contributed by atoms with E-state index >= 15 is 0 Å². The van der Waals surface area contributed by atoms with Gasteiger partial charge in [-0.15, -0.1) is 0 Å². The summed E-state index contributed by atoms with van der Waals surface area (Å²) in [5.74, 6) is -0.103. The number of rotatable bonds is 11. The third-order valence-electron chi connectivity index (χ3n) is 6.30. The van der Waals surface area contributed by atoms with E-state index in [-0.39, 0.29) is 23.3 Å². The summed E-state index contributed by atoms with van der Waals surface area (Å²) in [4.78, 5) is 11.5. The van der Waals surface area contributed by atoms with Gasteiger partial charge in [0.1, 0.15) is 11.7 Å². The number of benzene rings is 1. The smallest absolute Gasteiger partial charge is 0.309 e. The summed E-state index contributed by atoms with van der Waals surface area (Å²) in [6.45, 7) is 4.22. The Kier molecular flexibility index (Phi) is 6.97. The van der Waals surface area contributed by atoms with Crippen molar-refractivity contribution in [1.82, 2.24) is 0 Å². The molecule has 2 saturated heterocycles. The summed E-state index contributed by atoms with van der Waals surface area (Å²) in [5.41, 5.74) is 0.969. The van der Waals surface area contributed by atoms with Crippen LogP contribution in [0.2, 0.25) is 0 Å². The number of hydrogen-bond donors (Lipinski definition) is 0. The fourth-order valence-electron chi connectivity index (χ4n) is 4.86. The first-order valence-electron chi connectivity index (χ1n) is 10.9. The Morgan fingerprint density at radius 3 is 2.22 bits per heavy atom. The van der Waals surface area contributed by atoms with Crippen LogP contribution in [-0.2, 0) is 20.7 Å². The van der Waals surface area contributed by atoms with E-state index in [0.717, 1.165) is 12.8 Å². The topological polar surface area (TPSA) is 35.5 Å². The molecule has 0 bridgehead atoms. The number of unbranched alkanes of at least 4 members (excludes halogenated alkanes) is 7. The largest absolute Gasteiger partial charge is 0.456 e. The number of esters is 1. The zero-order valence-corrected chi connectivity index (χ0v) is 17.2. The number of carbonyl (C=O) groups excluding carboxylic acids is 1. The highest BCUT2D eigenvalue weighted by atomic mass is 16.6. The molecule has 1 aromatic rings. The number of hydrogen-bond acceptors (Lipinski definition) is 3. The molecule has 0 unspecified atom stereocenters. The maximum atomic E-state index is 11.5. The van der Waals surface area contributed by atoms with Crippen molar-refractivity contribution in [2.75, 3.05) is 0 Å². The number of carbonyl (C=O) groups is 1. The van der Waals surface area contributed by atoms with Gasteiger partial charge in [0.05, 0.1) is 12.0 Å². The van der Waals surface area contributed by atoms with Gasteiger partial charge in [-0.3, -0.25) is 4.79 Å². The Labute approximate surface area is 164 Å². The molecule has 2 fully saturated rings. The van der Waals surface area contributed by atoms with Crippen LogP contribution in [-0.4, -0.2) is 23.3 Å². The van der Waals surface area contributed by atoms with Crippen molar-refractivity contribution in [3.63, 3.8) is 0 Å². The molecule has 0 aromatic heterocycles. The van der Waals surface area contributed by atoms with E-state index in [1.807, 2.05) is 6.92 Å². The van der Waals surface area contributed by atoms with Crippen LogP contribution in [0.4, 0.5) is 0 Å². The zero-order chi connectivity index (χ0) is 19.2. The summed E-state index contributed by atoms with van der Waals surface area (Å²) in [7, 11) is 0. The molecule has 0 spiro atoms. The van der Waals surface area contributed by atoms with E-state index in [1.54, 1.807) is 0 Å². The quantitative estimate of drug-likeness (QED) is 0.353. The Balaban J connectivity index is 1.18. The van der Waals surface area contributed by atoms with E-state index in [1.165, 1.54) is 63.4 Å². The number of ether oxygens (including phenoxy) is 2. The Hall–Kier alpha value is -1.35. The first kappa shape index (κ1) is 20.4. The SMILES string of the molecule is C[C@]1(CCCCCCCCCCc2ccccc2)C[C@@]2(C)OC(=O)C[C@H]2O1. The minimum absolute atomic E-state index is 0.0362. The fourth-order valence-corrected chi connectivity index (χ4v) is 4.86. The molecule has 0 amide bonds. The Morgan fingerprint density at radius 2 is 1.56 bits per heavy atom. The van der Waals surface area contributed by atoms with Crippen molar-refractivity contribution >= 4 is 5.97 Å². The Bertz CT molecular complexity index is 599. The van der Waals surface area contributed by atoms with Crippen LogP contribution in [0.3, 0.4) is 0 Å². The van der Waals surface area contributed by atoms with Crippen LogP contribution >= 0.6 is 0 Å². The van der Waals surface area contributed by atoms with E-state index < -0.39 is 0 Å². The maximum absolute atomic E-state index is 11.5. The predicted octanol–water partition coefficient (Wildman–Crippen LogP) is 5.99. The van der Waals surface area contributed by atoms with Crippen molar-refractivity contribution in [2.24, 2.45) is 0 Å². The number of aryl methyl sites for hydroxylation is 1. The van der Waals surface area contributed by atoms with E-state index in [0.29, 0.717) is 6.42 Å². The average Bonchev–Trinajstić information content (AvgIpc) is 3.02. The second-order valence-corrected chi connectivity index (χ2v) is 9.04. The van der Waals surface area contributed by atoms with Gasteiger partial charge in [0.25, 0.3) is 0 Å². The molecule has 2 aliphatic heterocycles. The predicted molar refractivity (Wildman–Crippen MR) is 109 cm³/mol. The molecule has 150 valence electrons. The molecule has 27 heavy (non-hydrogen) atoms. The molecule has 3 rings (SSSR count). The van der Waals surface area contributed by atoms with Crippen molar-refractivity contribution in [1.29, 1.82) is 0 Å². The molecule has 0 N–H and O–H groups in total. The molecular formula is C24H36O3. The molecule has 1 aromatic carbocycles. The molecule has 0 saturated carbocycles. The van der Waals surface area contributed by atoms with Crippen LogP contribution < -0.4 is 0 Å². The third kappa shape index (κ3) is 5.81. The highest BCUT2D eigenvalue weighted by Crippen LogP contribution is 2.47. The average molecular weight is 373 g/mol. The van der Waals surface area contributed by atoms with Crippen LogP contribution in [0.25, 0.3) is 0 Å².